The molecular formula is C17H19F3N2O3. The molecule has 1 aliphatic carbocycles. The first kappa shape index (κ1) is 17.6. The van der Waals surface area contributed by atoms with Crippen molar-refractivity contribution < 1.29 is 27.5 Å². The van der Waals surface area contributed by atoms with E-state index in [1.807, 2.05) is 4.90 Å². The molecule has 1 aromatic rings. The molecule has 0 aromatic heterocycles. The molecule has 1 aliphatic heterocycles. The van der Waals surface area contributed by atoms with E-state index in [0.717, 1.165) is 25.0 Å². The van der Waals surface area contributed by atoms with E-state index in [9.17, 15) is 22.8 Å². The van der Waals surface area contributed by atoms with Gasteiger partial charge in [0.25, 0.3) is 5.91 Å². The Morgan fingerprint density at radius 2 is 1.80 bits per heavy atom. The minimum absolute atomic E-state index is 0.0504. The molecule has 0 atom stereocenters. The highest BCUT2D eigenvalue weighted by atomic mass is 19.4. The second-order valence-corrected chi connectivity index (χ2v) is 6.30. The number of carbonyl (C=O) groups excluding carboxylic acids is 2. The maximum Gasteiger partial charge on any atom is 0.416 e. The van der Waals surface area contributed by atoms with Gasteiger partial charge in [-0.15, -0.1) is 0 Å². The fourth-order valence-corrected chi connectivity index (χ4v) is 2.75. The molecule has 0 bridgehead atoms. The van der Waals surface area contributed by atoms with Crippen molar-refractivity contribution in [2.45, 2.75) is 19.0 Å². The molecule has 1 aromatic carbocycles. The predicted octanol–water partition coefficient (Wildman–Crippen LogP) is 2.31. The Kier molecular flexibility index (Phi) is 4.87. The fraction of sp³-hybridized carbons (Fsp3) is 0.529. The van der Waals surface area contributed by atoms with Crippen molar-refractivity contribution in [1.82, 2.24) is 4.90 Å². The summed E-state index contributed by atoms with van der Waals surface area (Å²) in [5.74, 6) is -0.640. The van der Waals surface area contributed by atoms with E-state index in [2.05, 4.69) is 0 Å². The van der Waals surface area contributed by atoms with Gasteiger partial charge in [-0.25, -0.2) is 0 Å². The Morgan fingerprint density at radius 1 is 1.12 bits per heavy atom. The van der Waals surface area contributed by atoms with Crippen LogP contribution in [0.4, 0.5) is 18.9 Å². The van der Waals surface area contributed by atoms with E-state index in [-0.39, 0.29) is 24.4 Å². The van der Waals surface area contributed by atoms with Crippen molar-refractivity contribution in [3.05, 3.63) is 29.8 Å². The Balaban J connectivity index is 1.51. The highest BCUT2D eigenvalue weighted by molar-refractivity contribution is 5.82. The highest BCUT2D eigenvalue weighted by Gasteiger charge is 2.33. The van der Waals surface area contributed by atoms with Gasteiger partial charge in [-0.05, 0) is 31.0 Å². The lowest BCUT2D eigenvalue weighted by molar-refractivity contribution is -0.153. The molecule has 1 saturated heterocycles. The Labute approximate surface area is 143 Å². The van der Waals surface area contributed by atoms with Crippen LogP contribution in [0.25, 0.3) is 0 Å². The van der Waals surface area contributed by atoms with Gasteiger partial charge in [-0.2, -0.15) is 13.2 Å². The first-order chi connectivity index (χ1) is 11.8. The summed E-state index contributed by atoms with van der Waals surface area (Å²) in [6, 6.07) is 5.17. The standard InChI is InChI=1S/C17H19F3N2O3/c18-17(19,20)13-2-1-3-14(10-13)21-6-8-22(9-7-21)15(23)11-25-16(24)12-4-5-12/h1-3,10,12H,4-9,11H2. The van der Waals surface area contributed by atoms with Crippen LogP contribution in [0, 0.1) is 5.92 Å². The quantitative estimate of drug-likeness (QED) is 0.777. The molecule has 0 unspecified atom stereocenters. The van der Waals surface area contributed by atoms with Crippen molar-refractivity contribution in [2.24, 2.45) is 5.92 Å². The average molecular weight is 356 g/mol. The maximum absolute atomic E-state index is 12.8. The number of esters is 1. The number of anilines is 1. The zero-order valence-corrected chi connectivity index (χ0v) is 13.6. The number of hydrogen-bond donors (Lipinski definition) is 0. The van der Waals surface area contributed by atoms with Crippen LogP contribution in [-0.4, -0.2) is 49.6 Å². The van der Waals surface area contributed by atoms with Crippen LogP contribution in [-0.2, 0) is 20.5 Å². The van der Waals surface area contributed by atoms with Crippen LogP contribution in [0.5, 0.6) is 0 Å². The lowest BCUT2D eigenvalue weighted by Gasteiger charge is -2.36. The second-order valence-electron chi connectivity index (χ2n) is 6.30. The van der Waals surface area contributed by atoms with Crippen molar-refractivity contribution >= 4 is 17.6 Å². The van der Waals surface area contributed by atoms with Gasteiger partial charge in [0.1, 0.15) is 0 Å². The topological polar surface area (TPSA) is 49.9 Å². The molecule has 0 N–H and O–H groups in total. The lowest BCUT2D eigenvalue weighted by Crippen LogP contribution is -2.50. The molecular weight excluding hydrogens is 337 g/mol. The number of nitrogens with zero attached hydrogens (tertiary/aromatic N) is 2. The summed E-state index contributed by atoms with van der Waals surface area (Å²) in [7, 11) is 0. The van der Waals surface area contributed by atoms with Gasteiger partial charge in [0, 0.05) is 31.9 Å². The number of alkyl halides is 3. The number of piperazine rings is 1. The number of rotatable bonds is 4. The first-order valence-electron chi connectivity index (χ1n) is 8.21. The van der Waals surface area contributed by atoms with Crippen molar-refractivity contribution in [1.29, 1.82) is 0 Å². The third-order valence-electron chi connectivity index (χ3n) is 4.42. The summed E-state index contributed by atoms with van der Waals surface area (Å²) in [6.45, 7) is 1.37. The van der Waals surface area contributed by atoms with E-state index >= 15 is 0 Å². The number of benzene rings is 1. The number of hydrogen-bond acceptors (Lipinski definition) is 4. The first-order valence-corrected chi connectivity index (χ1v) is 8.21. The number of ether oxygens (including phenoxy) is 1. The number of amides is 1. The summed E-state index contributed by atoms with van der Waals surface area (Å²) in [5, 5.41) is 0. The molecule has 1 heterocycles. The van der Waals surface area contributed by atoms with E-state index in [4.69, 9.17) is 4.74 Å². The average Bonchev–Trinajstić information content (AvgIpc) is 3.44. The summed E-state index contributed by atoms with van der Waals surface area (Å²) < 4.78 is 43.4. The minimum atomic E-state index is -4.38. The van der Waals surface area contributed by atoms with Gasteiger partial charge < -0.3 is 14.5 Å². The van der Waals surface area contributed by atoms with E-state index in [1.54, 1.807) is 11.0 Å². The van der Waals surface area contributed by atoms with Crippen LogP contribution < -0.4 is 4.90 Å². The molecule has 0 spiro atoms. The van der Waals surface area contributed by atoms with Crippen molar-refractivity contribution in [3.8, 4) is 0 Å². The van der Waals surface area contributed by atoms with Gasteiger partial charge in [0.15, 0.2) is 6.61 Å². The van der Waals surface area contributed by atoms with Gasteiger partial charge in [0.05, 0.1) is 11.5 Å². The molecule has 136 valence electrons. The molecule has 3 rings (SSSR count). The number of halogens is 3. The molecule has 2 aliphatic rings. The largest absolute Gasteiger partial charge is 0.455 e. The van der Waals surface area contributed by atoms with Gasteiger partial charge in [0.2, 0.25) is 0 Å². The van der Waals surface area contributed by atoms with E-state index in [0.29, 0.717) is 31.9 Å². The third kappa shape index (κ3) is 4.43. The van der Waals surface area contributed by atoms with Crippen molar-refractivity contribution in [2.75, 3.05) is 37.7 Å². The Morgan fingerprint density at radius 3 is 2.40 bits per heavy atom. The molecule has 1 saturated carbocycles. The summed E-state index contributed by atoms with van der Waals surface area (Å²) in [5.41, 5.74) is -0.197. The van der Waals surface area contributed by atoms with Crippen molar-refractivity contribution in [3.63, 3.8) is 0 Å². The smallest absolute Gasteiger partial charge is 0.416 e. The highest BCUT2D eigenvalue weighted by Crippen LogP contribution is 2.32. The number of carbonyl (C=O) groups is 2. The maximum atomic E-state index is 12.8. The SMILES string of the molecule is O=C(OCC(=O)N1CCN(c2cccc(C(F)(F)F)c2)CC1)C1CC1. The fourth-order valence-electron chi connectivity index (χ4n) is 2.75. The van der Waals surface area contributed by atoms with Crippen LogP contribution in [0.15, 0.2) is 24.3 Å². The Hall–Kier alpha value is -2.25. The molecule has 5 nitrogen and oxygen atoms in total. The second kappa shape index (κ2) is 6.93. The Bertz CT molecular complexity index is 651. The van der Waals surface area contributed by atoms with Crippen LogP contribution in [0.1, 0.15) is 18.4 Å². The normalized spacial score (nSPS) is 18.2. The van der Waals surface area contributed by atoms with Gasteiger partial charge >= 0.3 is 12.1 Å². The monoisotopic (exact) mass is 356 g/mol. The minimum Gasteiger partial charge on any atom is -0.455 e. The lowest BCUT2D eigenvalue weighted by atomic mass is 10.1. The summed E-state index contributed by atoms with van der Waals surface area (Å²) >= 11 is 0. The zero-order chi connectivity index (χ0) is 18.0. The van der Waals surface area contributed by atoms with E-state index in [1.165, 1.54) is 6.07 Å². The summed E-state index contributed by atoms with van der Waals surface area (Å²) in [6.07, 6.45) is -2.73. The third-order valence-corrected chi connectivity index (χ3v) is 4.42. The van der Waals surface area contributed by atoms with Crippen LogP contribution >= 0.6 is 0 Å². The molecule has 8 heteroatoms. The predicted molar refractivity (Wildman–Crippen MR) is 83.9 cm³/mol. The molecule has 1 amide bonds. The zero-order valence-electron chi connectivity index (χ0n) is 13.6. The molecule has 25 heavy (non-hydrogen) atoms. The van der Waals surface area contributed by atoms with Gasteiger partial charge in [-0.1, -0.05) is 6.07 Å². The van der Waals surface area contributed by atoms with Crippen LogP contribution in [0.3, 0.4) is 0 Å². The molecule has 0 radical (unpaired) electrons. The van der Waals surface area contributed by atoms with E-state index < -0.39 is 11.7 Å². The summed E-state index contributed by atoms with van der Waals surface area (Å²) in [4.78, 5) is 26.9. The van der Waals surface area contributed by atoms with Gasteiger partial charge in [-0.3, -0.25) is 9.59 Å². The van der Waals surface area contributed by atoms with Crippen LogP contribution in [0.2, 0.25) is 0 Å². The molecule has 2 fully saturated rings.